The highest BCUT2D eigenvalue weighted by molar-refractivity contribution is 9.10. The predicted octanol–water partition coefficient (Wildman–Crippen LogP) is 4.20. The highest BCUT2D eigenvalue weighted by Gasteiger charge is 2.20. The molecule has 1 saturated carbocycles. The minimum atomic E-state index is 0.640. The lowest BCUT2D eigenvalue weighted by Gasteiger charge is -2.12. The van der Waals surface area contributed by atoms with Gasteiger partial charge >= 0.3 is 0 Å². The molecule has 3 heteroatoms. The Morgan fingerprint density at radius 1 is 1.44 bits per heavy atom. The van der Waals surface area contributed by atoms with Gasteiger partial charge in [-0.2, -0.15) is 0 Å². The second-order valence-corrected chi connectivity index (χ2v) is 7.11. The SMILES string of the molecule is CC(C)Sc1ccc(Br)cc1CNC1CC1. The van der Waals surface area contributed by atoms with E-state index in [2.05, 4.69) is 53.3 Å². The number of halogens is 1. The zero-order valence-electron chi connectivity index (χ0n) is 9.79. The summed E-state index contributed by atoms with van der Waals surface area (Å²) in [5.74, 6) is 0. The van der Waals surface area contributed by atoms with E-state index in [0.717, 1.165) is 12.6 Å². The molecule has 16 heavy (non-hydrogen) atoms. The molecule has 0 bridgehead atoms. The van der Waals surface area contributed by atoms with Crippen molar-refractivity contribution in [2.75, 3.05) is 0 Å². The van der Waals surface area contributed by atoms with Crippen LogP contribution in [0.5, 0.6) is 0 Å². The molecule has 0 atom stereocenters. The number of hydrogen-bond donors (Lipinski definition) is 1. The summed E-state index contributed by atoms with van der Waals surface area (Å²) < 4.78 is 1.17. The average Bonchev–Trinajstić information content (AvgIpc) is 3.01. The maximum Gasteiger partial charge on any atom is 0.0219 e. The molecule has 1 aromatic carbocycles. The first-order valence-electron chi connectivity index (χ1n) is 5.83. The Morgan fingerprint density at radius 2 is 2.19 bits per heavy atom. The van der Waals surface area contributed by atoms with E-state index in [1.54, 1.807) is 0 Å². The van der Waals surface area contributed by atoms with Gasteiger partial charge in [0.05, 0.1) is 0 Å². The molecule has 1 N–H and O–H groups in total. The average molecular weight is 300 g/mol. The Balaban J connectivity index is 2.07. The Morgan fingerprint density at radius 3 is 2.81 bits per heavy atom. The Labute approximate surface area is 111 Å². The smallest absolute Gasteiger partial charge is 0.0219 e. The maximum absolute atomic E-state index is 3.58. The molecule has 0 saturated heterocycles. The molecule has 1 aliphatic rings. The molecular weight excluding hydrogens is 282 g/mol. The standard InChI is InChI=1S/C13H18BrNS/c1-9(2)16-13-6-3-11(14)7-10(13)8-15-12-4-5-12/h3,6-7,9,12,15H,4-5,8H2,1-2H3. The van der Waals surface area contributed by atoms with Crippen LogP contribution in [0.2, 0.25) is 0 Å². The van der Waals surface area contributed by atoms with Crippen LogP contribution in [-0.4, -0.2) is 11.3 Å². The summed E-state index contributed by atoms with van der Waals surface area (Å²) in [6.45, 7) is 5.48. The number of hydrogen-bond acceptors (Lipinski definition) is 2. The summed E-state index contributed by atoms with van der Waals surface area (Å²) in [5, 5.41) is 4.22. The van der Waals surface area contributed by atoms with E-state index in [9.17, 15) is 0 Å². The van der Waals surface area contributed by atoms with Crippen LogP contribution in [0.25, 0.3) is 0 Å². The molecule has 0 amide bonds. The van der Waals surface area contributed by atoms with Crippen LogP contribution in [0.3, 0.4) is 0 Å². The van der Waals surface area contributed by atoms with Gasteiger partial charge in [0, 0.05) is 27.2 Å². The normalized spacial score (nSPS) is 15.8. The molecule has 1 aromatic rings. The van der Waals surface area contributed by atoms with Crippen molar-refractivity contribution in [1.29, 1.82) is 0 Å². The van der Waals surface area contributed by atoms with E-state index < -0.39 is 0 Å². The minimum Gasteiger partial charge on any atom is -0.310 e. The molecule has 0 aromatic heterocycles. The first-order chi connectivity index (χ1) is 7.65. The first kappa shape index (κ1) is 12.5. The fourth-order valence-electron chi connectivity index (χ4n) is 1.60. The van der Waals surface area contributed by atoms with Gasteiger partial charge in [-0.1, -0.05) is 29.8 Å². The van der Waals surface area contributed by atoms with Crippen LogP contribution in [0, 0.1) is 0 Å². The zero-order chi connectivity index (χ0) is 11.5. The van der Waals surface area contributed by atoms with Crippen LogP contribution in [0.4, 0.5) is 0 Å². The van der Waals surface area contributed by atoms with Crippen molar-refractivity contribution in [2.24, 2.45) is 0 Å². The van der Waals surface area contributed by atoms with Gasteiger partial charge in [-0.05, 0) is 36.6 Å². The third-order valence-electron chi connectivity index (χ3n) is 2.54. The Hall–Kier alpha value is 0.01000. The van der Waals surface area contributed by atoms with E-state index in [1.165, 1.54) is 27.8 Å². The van der Waals surface area contributed by atoms with E-state index >= 15 is 0 Å². The van der Waals surface area contributed by atoms with Gasteiger partial charge in [-0.3, -0.25) is 0 Å². The van der Waals surface area contributed by atoms with Crippen molar-refractivity contribution in [1.82, 2.24) is 5.32 Å². The van der Waals surface area contributed by atoms with Crippen molar-refractivity contribution in [3.05, 3.63) is 28.2 Å². The molecule has 2 rings (SSSR count). The van der Waals surface area contributed by atoms with Gasteiger partial charge in [-0.15, -0.1) is 11.8 Å². The second-order valence-electron chi connectivity index (χ2n) is 4.57. The van der Waals surface area contributed by atoms with Crippen molar-refractivity contribution in [2.45, 2.75) is 49.4 Å². The summed E-state index contributed by atoms with van der Waals surface area (Å²) in [4.78, 5) is 1.41. The number of nitrogens with one attached hydrogen (secondary N) is 1. The third-order valence-corrected chi connectivity index (χ3v) is 4.16. The molecule has 1 nitrogen and oxygen atoms in total. The molecule has 0 heterocycles. The van der Waals surface area contributed by atoms with E-state index in [0.29, 0.717) is 5.25 Å². The Kier molecular flexibility index (Phi) is 4.34. The van der Waals surface area contributed by atoms with Crippen molar-refractivity contribution >= 4 is 27.7 Å². The molecule has 88 valence electrons. The minimum absolute atomic E-state index is 0.640. The second kappa shape index (κ2) is 5.56. The summed E-state index contributed by atoms with van der Waals surface area (Å²) >= 11 is 5.49. The number of benzene rings is 1. The zero-order valence-corrected chi connectivity index (χ0v) is 12.2. The van der Waals surface area contributed by atoms with Crippen LogP contribution in [-0.2, 0) is 6.54 Å². The maximum atomic E-state index is 3.58. The lowest BCUT2D eigenvalue weighted by molar-refractivity contribution is 0.680. The van der Waals surface area contributed by atoms with Crippen LogP contribution in [0.1, 0.15) is 32.3 Å². The summed E-state index contributed by atoms with van der Waals surface area (Å²) in [6, 6.07) is 7.36. The van der Waals surface area contributed by atoms with Gasteiger partial charge in [0.1, 0.15) is 0 Å². The summed E-state index contributed by atoms with van der Waals surface area (Å²) in [6.07, 6.45) is 2.70. The predicted molar refractivity (Wildman–Crippen MR) is 75.0 cm³/mol. The fourth-order valence-corrected chi connectivity index (χ4v) is 2.94. The van der Waals surface area contributed by atoms with Crippen LogP contribution in [0.15, 0.2) is 27.6 Å². The first-order valence-corrected chi connectivity index (χ1v) is 7.51. The lowest BCUT2D eigenvalue weighted by atomic mass is 10.2. The third kappa shape index (κ3) is 3.79. The topological polar surface area (TPSA) is 12.0 Å². The molecule has 0 unspecified atom stereocenters. The monoisotopic (exact) mass is 299 g/mol. The quantitative estimate of drug-likeness (QED) is 0.818. The molecule has 1 fully saturated rings. The van der Waals surface area contributed by atoms with Gasteiger partial charge < -0.3 is 5.32 Å². The largest absolute Gasteiger partial charge is 0.310 e. The van der Waals surface area contributed by atoms with Crippen molar-refractivity contribution in [3.63, 3.8) is 0 Å². The van der Waals surface area contributed by atoms with Crippen LogP contribution < -0.4 is 5.32 Å². The Bertz CT molecular complexity index is 361. The number of thioether (sulfide) groups is 1. The fraction of sp³-hybridized carbons (Fsp3) is 0.538. The summed E-state index contributed by atoms with van der Waals surface area (Å²) in [5.41, 5.74) is 1.42. The molecule has 1 aliphatic carbocycles. The summed E-state index contributed by atoms with van der Waals surface area (Å²) in [7, 11) is 0. The number of rotatable bonds is 5. The van der Waals surface area contributed by atoms with E-state index in [1.807, 2.05) is 11.8 Å². The highest BCUT2D eigenvalue weighted by Crippen LogP contribution is 2.29. The van der Waals surface area contributed by atoms with Gasteiger partial charge in [-0.25, -0.2) is 0 Å². The molecule has 0 radical (unpaired) electrons. The van der Waals surface area contributed by atoms with Gasteiger partial charge in [0.25, 0.3) is 0 Å². The van der Waals surface area contributed by atoms with E-state index in [-0.39, 0.29) is 0 Å². The molecular formula is C13H18BrNS. The van der Waals surface area contributed by atoms with Crippen LogP contribution >= 0.6 is 27.7 Å². The van der Waals surface area contributed by atoms with Gasteiger partial charge in [0.15, 0.2) is 0 Å². The van der Waals surface area contributed by atoms with E-state index in [4.69, 9.17) is 0 Å². The highest BCUT2D eigenvalue weighted by atomic mass is 79.9. The van der Waals surface area contributed by atoms with Gasteiger partial charge in [0.2, 0.25) is 0 Å². The van der Waals surface area contributed by atoms with Crippen molar-refractivity contribution in [3.8, 4) is 0 Å². The van der Waals surface area contributed by atoms with Crippen molar-refractivity contribution < 1.29 is 0 Å². The lowest BCUT2D eigenvalue weighted by Crippen LogP contribution is -2.16. The molecule has 0 aliphatic heterocycles. The molecule has 0 spiro atoms.